The molecule has 92 valence electrons. The lowest BCUT2D eigenvalue weighted by Crippen LogP contribution is -1.90. The molecule has 0 aromatic heterocycles. The van der Waals surface area contributed by atoms with Crippen LogP contribution < -0.4 is 5.43 Å². The zero-order valence-corrected chi connectivity index (χ0v) is 10.8. The molecule has 3 nitrogen and oxygen atoms in total. The monoisotopic (exact) mass is 280 g/mol. The van der Waals surface area contributed by atoms with E-state index in [1.54, 1.807) is 48.7 Å². The van der Waals surface area contributed by atoms with Crippen molar-refractivity contribution in [3.8, 4) is 5.75 Å². The second kappa shape index (κ2) is 5.76. The van der Waals surface area contributed by atoms with Crippen LogP contribution in [0.25, 0.3) is 0 Å². The lowest BCUT2D eigenvalue weighted by atomic mass is 10.2. The molecule has 2 aromatic rings. The molecule has 2 rings (SSSR count). The molecule has 2 N–H and O–H groups in total. The van der Waals surface area contributed by atoms with E-state index in [1.165, 1.54) is 0 Å². The summed E-state index contributed by atoms with van der Waals surface area (Å²) in [5.74, 6) is 0.213. The van der Waals surface area contributed by atoms with Gasteiger partial charge in [-0.05, 0) is 36.4 Å². The Hall–Kier alpha value is -1.71. The minimum atomic E-state index is 0.213. The molecule has 18 heavy (non-hydrogen) atoms. The minimum Gasteiger partial charge on any atom is -0.508 e. The molecule has 5 heteroatoms. The Balaban J connectivity index is 2.05. The third kappa shape index (κ3) is 3.39. The number of phenols is 1. The summed E-state index contributed by atoms with van der Waals surface area (Å²) in [6.45, 7) is 0. The number of nitrogens with zero attached hydrogens (tertiary/aromatic N) is 1. The first-order valence-electron chi connectivity index (χ1n) is 5.18. The van der Waals surface area contributed by atoms with Gasteiger partial charge in [0.1, 0.15) is 5.75 Å². The predicted molar refractivity (Wildman–Crippen MR) is 75.8 cm³/mol. The molecule has 0 unspecified atom stereocenters. The number of anilines is 1. The first-order chi connectivity index (χ1) is 8.65. The highest BCUT2D eigenvalue weighted by Crippen LogP contribution is 2.19. The molecular formula is C13H10Cl2N2O. The predicted octanol–water partition coefficient (Wildman–Crippen LogP) is 4.15. The van der Waals surface area contributed by atoms with E-state index >= 15 is 0 Å². The summed E-state index contributed by atoms with van der Waals surface area (Å²) in [7, 11) is 0. The highest BCUT2D eigenvalue weighted by molar-refractivity contribution is 6.36. The molecule has 0 aliphatic carbocycles. The van der Waals surface area contributed by atoms with Crippen LogP contribution in [-0.2, 0) is 0 Å². The molecular weight excluding hydrogens is 271 g/mol. The van der Waals surface area contributed by atoms with E-state index < -0.39 is 0 Å². The van der Waals surface area contributed by atoms with E-state index in [9.17, 15) is 0 Å². The smallest absolute Gasteiger partial charge is 0.115 e. The second-order valence-electron chi connectivity index (χ2n) is 3.58. The molecule has 0 saturated heterocycles. The number of hydrogen-bond donors (Lipinski definition) is 2. The van der Waals surface area contributed by atoms with Gasteiger partial charge in [-0.3, -0.25) is 5.43 Å². The van der Waals surface area contributed by atoms with Gasteiger partial charge in [0.25, 0.3) is 0 Å². The zero-order valence-electron chi connectivity index (χ0n) is 9.27. The van der Waals surface area contributed by atoms with Gasteiger partial charge in [0.05, 0.1) is 16.9 Å². The van der Waals surface area contributed by atoms with Crippen LogP contribution in [0.4, 0.5) is 5.69 Å². The van der Waals surface area contributed by atoms with Gasteiger partial charge in [0, 0.05) is 10.6 Å². The standard InChI is InChI=1S/C13H10Cl2N2O/c14-10-2-1-9(13(15)7-10)8-16-17-11-3-5-12(18)6-4-11/h1-8,17-18H/b16-8-. The lowest BCUT2D eigenvalue weighted by molar-refractivity contribution is 0.475. The summed E-state index contributed by atoms with van der Waals surface area (Å²) in [6.07, 6.45) is 1.60. The molecule has 0 bridgehead atoms. The highest BCUT2D eigenvalue weighted by Gasteiger charge is 1.97. The summed E-state index contributed by atoms with van der Waals surface area (Å²) in [6, 6.07) is 11.8. The van der Waals surface area contributed by atoms with E-state index in [4.69, 9.17) is 28.3 Å². The Morgan fingerprint density at radius 2 is 1.78 bits per heavy atom. The molecule has 0 aliphatic rings. The van der Waals surface area contributed by atoms with Crippen molar-refractivity contribution < 1.29 is 5.11 Å². The average molecular weight is 281 g/mol. The number of aromatic hydroxyl groups is 1. The van der Waals surface area contributed by atoms with Gasteiger partial charge in [0.15, 0.2) is 0 Å². The number of hydrogen-bond acceptors (Lipinski definition) is 3. The van der Waals surface area contributed by atoms with Crippen LogP contribution in [0.1, 0.15) is 5.56 Å². The van der Waals surface area contributed by atoms with Crippen molar-refractivity contribution in [3.63, 3.8) is 0 Å². The van der Waals surface area contributed by atoms with E-state index in [-0.39, 0.29) is 5.75 Å². The number of nitrogens with one attached hydrogen (secondary N) is 1. The van der Waals surface area contributed by atoms with E-state index in [1.807, 2.05) is 0 Å². The number of hydrazone groups is 1. The number of rotatable bonds is 3. The van der Waals surface area contributed by atoms with Gasteiger partial charge >= 0.3 is 0 Å². The molecule has 0 saturated carbocycles. The highest BCUT2D eigenvalue weighted by atomic mass is 35.5. The normalized spacial score (nSPS) is 10.8. The number of phenolic OH excluding ortho intramolecular Hbond substituents is 1. The largest absolute Gasteiger partial charge is 0.508 e. The topological polar surface area (TPSA) is 44.6 Å². The molecule has 2 aromatic carbocycles. The quantitative estimate of drug-likeness (QED) is 0.504. The Bertz CT molecular complexity index is 568. The van der Waals surface area contributed by atoms with E-state index in [0.29, 0.717) is 10.0 Å². The van der Waals surface area contributed by atoms with Crippen LogP contribution in [0.3, 0.4) is 0 Å². The van der Waals surface area contributed by atoms with Crippen LogP contribution in [-0.4, -0.2) is 11.3 Å². The Labute approximate surface area is 115 Å². The summed E-state index contributed by atoms with van der Waals surface area (Å²) < 4.78 is 0. The third-order valence-corrected chi connectivity index (χ3v) is 2.79. The summed E-state index contributed by atoms with van der Waals surface area (Å²) in [5, 5.41) is 14.3. The molecule has 0 radical (unpaired) electrons. The van der Waals surface area contributed by atoms with Crippen LogP contribution in [0.5, 0.6) is 5.75 Å². The first kappa shape index (κ1) is 12.7. The van der Waals surface area contributed by atoms with Crippen molar-refractivity contribution in [2.75, 3.05) is 5.43 Å². The van der Waals surface area contributed by atoms with E-state index in [2.05, 4.69) is 10.5 Å². The van der Waals surface area contributed by atoms with Crippen molar-refractivity contribution in [2.45, 2.75) is 0 Å². The van der Waals surface area contributed by atoms with Crippen molar-refractivity contribution in [2.24, 2.45) is 5.10 Å². The Morgan fingerprint density at radius 3 is 2.44 bits per heavy atom. The van der Waals surface area contributed by atoms with Gasteiger partial charge < -0.3 is 5.11 Å². The van der Waals surface area contributed by atoms with Crippen molar-refractivity contribution in [1.82, 2.24) is 0 Å². The number of halogens is 2. The van der Waals surface area contributed by atoms with Crippen LogP contribution in [0, 0.1) is 0 Å². The van der Waals surface area contributed by atoms with Crippen molar-refractivity contribution in [1.29, 1.82) is 0 Å². The van der Waals surface area contributed by atoms with Gasteiger partial charge in [-0.15, -0.1) is 0 Å². The zero-order chi connectivity index (χ0) is 13.0. The molecule has 0 atom stereocenters. The van der Waals surface area contributed by atoms with Gasteiger partial charge in [-0.1, -0.05) is 29.3 Å². The third-order valence-electron chi connectivity index (χ3n) is 2.23. The van der Waals surface area contributed by atoms with Gasteiger partial charge in [-0.25, -0.2) is 0 Å². The molecule has 0 aliphatic heterocycles. The molecule has 0 spiro atoms. The lowest BCUT2D eigenvalue weighted by Gasteiger charge is -2.01. The summed E-state index contributed by atoms with van der Waals surface area (Å²) >= 11 is 11.8. The van der Waals surface area contributed by atoms with Crippen molar-refractivity contribution in [3.05, 3.63) is 58.1 Å². The van der Waals surface area contributed by atoms with Crippen LogP contribution in [0.15, 0.2) is 47.6 Å². The maximum Gasteiger partial charge on any atom is 0.115 e. The summed E-state index contributed by atoms with van der Waals surface area (Å²) in [5.41, 5.74) is 4.37. The second-order valence-corrected chi connectivity index (χ2v) is 4.43. The fourth-order valence-electron chi connectivity index (χ4n) is 1.32. The Morgan fingerprint density at radius 1 is 1.06 bits per heavy atom. The Kier molecular flexibility index (Phi) is 4.07. The van der Waals surface area contributed by atoms with Crippen LogP contribution in [0.2, 0.25) is 10.0 Å². The fraction of sp³-hybridized carbons (Fsp3) is 0. The summed E-state index contributed by atoms with van der Waals surface area (Å²) in [4.78, 5) is 0. The SMILES string of the molecule is Oc1ccc(N/N=C\c2ccc(Cl)cc2Cl)cc1. The van der Waals surface area contributed by atoms with Gasteiger partial charge in [0.2, 0.25) is 0 Å². The maximum absolute atomic E-state index is 9.13. The first-order valence-corrected chi connectivity index (χ1v) is 5.94. The van der Waals surface area contributed by atoms with Gasteiger partial charge in [-0.2, -0.15) is 5.10 Å². The molecule has 0 heterocycles. The average Bonchev–Trinajstić information content (AvgIpc) is 2.34. The number of benzene rings is 2. The van der Waals surface area contributed by atoms with Crippen molar-refractivity contribution >= 4 is 35.1 Å². The molecule has 0 fully saturated rings. The minimum absolute atomic E-state index is 0.213. The maximum atomic E-state index is 9.13. The van der Waals surface area contributed by atoms with Crippen LogP contribution >= 0.6 is 23.2 Å². The van der Waals surface area contributed by atoms with E-state index in [0.717, 1.165) is 11.3 Å². The fourth-order valence-corrected chi connectivity index (χ4v) is 1.78. The molecule has 0 amide bonds.